The van der Waals surface area contributed by atoms with Crippen molar-refractivity contribution in [2.24, 2.45) is 12.9 Å². The molecule has 0 amide bonds. The van der Waals surface area contributed by atoms with Crippen LogP contribution in [0.4, 0.5) is 0 Å². The van der Waals surface area contributed by atoms with E-state index in [1.165, 1.54) is 0 Å². The molecule has 0 aliphatic rings. The molecule has 1 heterocycles. The maximum atomic E-state index is 5.68. The number of nitrogens with one attached hydrogen (secondary N) is 1. The van der Waals surface area contributed by atoms with Crippen LogP contribution in [-0.4, -0.2) is 16.9 Å². The van der Waals surface area contributed by atoms with Crippen LogP contribution in [0.5, 0.6) is 5.75 Å². The van der Waals surface area contributed by atoms with E-state index in [2.05, 4.69) is 26.5 Å². The second-order valence-corrected chi connectivity index (χ2v) is 4.79. The fourth-order valence-electron chi connectivity index (χ4n) is 1.93. The first kappa shape index (κ1) is 13.1. The number of aryl methyl sites for hydroxylation is 1. The minimum absolute atomic E-state index is 0.176. The van der Waals surface area contributed by atoms with E-state index < -0.39 is 0 Å². The third-order valence-electron chi connectivity index (χ3n) is 2.79. The van der Waals surface area contributed by atoms with Gasteiger partial charge in [-0.05, 0) is 17.7 Å². The summed E-state index contributed by atoms with van der Waals surface area (Å²) in [5.74, 6) is 6.39. The molecule has 1 atom stereocenters. The lowest BCUT2D eigenvalue weighted by Gasteiger charge is -2.18. The molecule has 0 radical (unpaired) electrons. The highest BCUT2D eigenvalue weighted by atomic mass is 79.9. The number of hydrogen-bond donors (Lipinski definition) is 2. The van der Waals surface area contributed by atoms with Crippen LogP contribution >= 0.6 is 15.9 Å². The van der Waals surface area contributed by atoms with Crippen LogP contribution in [0.3, 0.4) is 0 Å². The van der Waals surface area contributed by atoms with Gasteiger partial charge in [-0.2, -0.15) is 5.10 Å². The lowest BCUT2D eigenvalue weighted by atomic mass is 10.0. The summed E-state index contributed by atoms with van der Waals surface area (Å²) in [5.41, 5.74) is 4.72. The van der Waals surface area contributed by atoms with Crippen LogP contribution in [0.25, 0.3) is 0 Å². The minimum atomic E-state index is -0.176. The summed E-state index contributed by atoms with van der Waals surface area (Å²) in [7, 11) is 3.48. The molecule has 5 nitrogen and oxygen atoms in total. The molecule has 1 aromatic heterocycles. The Morgan fingerprint density at radius 2 is 2.28 bits per heavy atom. The molecule has 6 heteroatoms. The van der Waals surface area contributed by atoms with Gasteiger partial charge in [-0.15, -0.1) is 0 Å². The van der Waals surface area contributed by atoms with Crippen molar-refractivity contribution >= 4 is 15.9 Å². The predicted molar refractivity (Wildman–Crippen MR) is 73.1 cm³/mol. The van der Waals surface area contributed by atoms with Crippen LogP contribution in [-0.2, 0) is 7.05 Å². The Labute approximate surface area is 114 Å². The van der Waals surface area contributed by atoms with Gasteiger partial charge in [0.25, 0.3) is 0 Å². The molecule has 0 saturated carbocycles. The van der Waals surface area contributed by atoms with Gasteiger partial charge in [0.1, 0.15) is 5.69 Å². The Bertz CT molecular complexity index is 541. The molecule has 0 aliphatic heterocycles. The Hall–Kier alpha value is -1.37. The Morgan fingerprint density at radius 3 is 2.89 bits per heavy atom. The summed E-state index contributed by atoms with van der Waals surface area (Å²) in [6.07, 6.45) is 1.68. The Morgan fingerprint density at radius 1 is 1.50 bits per heavy atom. The van der Waals surface area contributed by atoms with Gasteiger partial charge in [-0.3, -0.25) is 10.5 Å². The second-order valence-electron chi connectivity index (χ2n) is 3.88. The number of halogens is 1. The van der Waals surface area contributed by atoms with Crippen LogP contribution in [0, 0.1) is 0 Å². The smallest absolute Gasteiger partial charge is 0.161 e. The van der Waals surface area contributed by atoms with Gasteiger partial charge in [-0.1, -0.05) is 28.1 Å². The van der Waals surface area contributed by atoms with Gasteiger partial charge in [0.15, 0.2) is 5.75 Å². The fourth-order valence-corrected chi connectivity index (χ4v) is 2.35. The molecule has 0 fully saturated rings. The molecular formula is C12H15BrN4O. The zero-order chi connectivity index (χ0) is 13.1. The van der Waals surface area contributed by atoms with Crippen LogP contribution in [0.15, 0.2) is 34.9 Å². The Kier molecular flexibility index (Phi) is 4.00. The SMILES string of the molecule is COc1cnn(C)c1C(NN)c1cccc(Br)c1. The molecule has 0 spiro atoms. The first-order chi connectivity index (χ1) is 8.67. The molecule has 1 unspecified atom stereocenters. The van der Waals surface area contributed by atoms with Crippen molar-refractivity contribution in [3.63, 3.8) is 0 Å². The summed E-state index contributed by atoms with van der Waals surface area (Å²) in [6.45, 7) is 0. The fraction of sp³-hybridized carbons (Fsp3) is 0.250. The monoisotopic (exact) mass is 310 g/mol. The molecule has 18 heavy (non-hydrogen) atoms. The molecular weight excluding hydrogens is 296 g/mol. The maximum absolute atomic E-state index is 5.68. The molecule has 0 aliphatic carbocycles. The number of ether oxygens (including phenoxy) is 1. The van der Waals surface area contributed by atoms with E-state index in [-0.39, 0.29) is 6.04 Å². The third-order valence-corrected chi connectivity index (χ3v) is 3.28. The van der Waals surface area contributed by atoms with Crippen molar-refractivity contribution in [3.8, 4) is 5.75 Å². The topological polar surface area (TPSA) is 65.1 Å². The van der Waals surface area contributed by atoms with E-state index in [1.807, 2.05) is 31.3 Å². The van der Waals surface area contributed by atoms with Gasteiger partial charge >= 0.3 is 0 Å². The maximum Gasteiger partial charge on any atom is 0.161 e. The number of methoxy groups -OCH3 is 1. The summed E-state index contributed by atoms with van der Waals surface area (Å²) in [6, 6.07) is 7.77. The molecule has 3 N–H and O–H groups in total. The van der Waals surface area contributed by atoms with Gasteiger partial charge in [0.2, 0.25) is 0 Å². The molecule has 1 aromatic carbocycles. The molecule has 2 rings (SSSR count). The summed E-state index contributed by atoms with van der Waals surface area (Å²) in [4.78, 5) is 0. The molecule has 0 saturated heterocycles. The molecule has 0 bridgehead atoms. The quantitative estimate of drug-likeness (QED) is 0.667. The number of hydrazine groups is 1. The molecule has 96 valence electrons. The highest BCUT2D eigenvalue weighted by Gasteiger charge is 2.21. The average molecular weight is 311 g/mol. The van der Waals surface area contributed by atoms with E-state index in [4.69, 9.17) is 10.6 Å². The predicted octanol–water partition coefficient (Wildman–Crippen LogP) is 1.74. The van der Waals surface area contributed by atoms with E-state index in [0.29, 0.717) is 5.75 Å². The number of hydrogen-bond acceptors (Lipinski definition) is 4. The summed E-state index contributed by atoms with van der Waals surface area (Å²) in [5, 5.41) is 4.19. The van der Waals surface area contributed by atoms with Gasteiger partial charge < -0.3 is 4.74 Å². The van der Waals surface area contributed by atoms with Crippen molar-refractivity contribution in [3.05, 3.63) is 46.2 Å². The molecule has 2 aromatic rings. The van der Waals surface area contributed by atoms with E-state index in [0.717, 1.165) is 15.7 Å². The minimum Gasteiger partial charge on any atom is -0.493 e. The van der Waals surface area contributed by atoms with Crippen LogP contribution in [0.1, 0.15) is 17.3 Å². The van der Waals surface area contributed by atoms with Crippen molar-refractivity contribution in [1.29, 1.82) is 0 Å². The number of nitrogens with two attached hydrogens (primary N) is 1. The normalized spacial score (nSPS) is 12.4. The van der Waals surface area contributed by atoms with Crippen molar-refractivity contribution in [2.75, 3.05) is 7.11 Å². The third kappa shape index (κ3) is 2.40. The zero-order valence-corrected chi connectivity index (χ0v) is 11.8. The van der Waals surface area contributed by atoms with Crippen LogP contribution in [0.2, 0.25) is 0 Å². The van der Waals surface area contributed by atoms with E-state index in [9.17, 15) is 0 Å². The highest BCUT2D eigenvalue weighted by Crippen LogP contribution is 2.29. The largest absolute Gasteiger partial charge is 0.493 e. The first-order valence-electron chi connectivity index (χ1n) is 5.45. The second kappa shape index (κ2) is 5.51. The number of nitrogens with zero attached hydrogens (tertiary/aromatic N) is 2. The van der Waals surface area contributed by atoms with Gasteiger partial charge in [-0.25, -0.2) is 5.43 Å². The van der Waals surface area contributed by atoms with E-state index in [1.54, 1.807) is 18.0 Å². The van der Waals surface area contributed by atoms with Crippen molar-refractivity contribution in [1.82, 2.24) is 15.2 Å². The summed E-state index contributed by atoms with van der Waals surface area (Å²) < 4.78 is 8.07. The lowest BCUT2D eigenvalue weighted by molar-refractivity contribution is 0.401. The summed E-state index contributed by atoms with van der Waals surface area (Å²) >= 11 is 3.45. The van der Waals surface area contributed by atoms with Crippen molar-refractivity contribution in [2.45, 2.75) is 6.04 Å². The Balaban J connectivity index is 2.48. The number of rotatable bonds is 4. The van der Waals surface area contributed by atoms with Gasteiger partial charge in [0.05, 0.1) is 19.3 Å². The van der Waals surface area contributed by atoms with Gasteiger partial charge in [0, 0.05) is 11.5 Å². The average Bonchev–Trinajstić information content (AvgIpc) is 2.72. The standard InChI is InChI=1S/C12H15BrN4O/c1-17-12(10(18-2)7-15-17)11(16-14)8-4-3-5-9(13)6-8/h3-7,11,16H,14H2,1-2H3. The highest BCUT2D eigenvalue weighted by molar-refractivity contribution is 9.10. The van der Waals surface area contributed by atoms with Crippen molar-refractivity contribution < 1.29 is 4.74 Å². The number of aromatic nitrogens is 2. The van der Waals surface area contributed by atoms with E-state index >= 15 is 0 Å². The lowest BCUT2D eigenvalue weighted by Crippen LogP contribution is -2.30. The number of benzene rings is 1. The zero-order valence-electron chi connectivity index (χ0n) is 10.2. The first-order valence-corrected chi connectivity index (χ1v) is 6.24. The van der Waals surface area contributed by atoms with Crippen LogP contribution < -0.4 is 16.0 Å².